The van der Waals surface area contributed by atoms with Gasteiger partial charge in [-0.15, -0.1) is 0 Å². The van der Waals surface area contributed by atoms with Crippen molar-refractivity contribution in [3.8, 4) is 22.6 Å². The molecule has 1 atom stereocenters. The number of rotatable bonds is 6. The van der Waals surface area contributed by atoms with E-state index in [2.05, 4.69) is 24.1 Å². The van der Waals surface area contributed by atoms with E-state index >= 15 is 0 Å². The minimum absolute atomic E-state index is 0.262. The number of aromatic nitrogens is 1. The van der Waals surface area contributed by atoms with Gasteiger partial charge in [-0.05, 0) is 36.1 Å². The molecule has 148 valence electrons. The third kappa shape index (κ3) is 3.49. The van der Waals surface area contributed by atoms with Crippen LogP contribution in [-0.4, -0.2) is 42.0 Å². The van der Waals surface area contributed by atoms with E-state index < -0.39 is 11.7 Å². The number of hydrogen-bond acceptors (Lipinski definition) is 5. The van der Waals surface area contributed by atoms with Gasteiger partial charge in [-0.1, -0.05) is 13.8 Å². The number of carbonyl (C=O) groups is 1. The molecule has 0 bridgehead atoms. The number of nitrogens with one attached hydrogen (secondary N) is 1. The molecule has 1 unspecified atom stereocenters. The molecular formula is C21H24N2O5. The Morgan fingerprint density at radius 3 is 2.82 bits per heavy atom. The predicted octanol–water partition coefficient (Wildman–Crippen LogP) is 3.43. The fourth-order valence-corrected chi connectivity index (χ4v) is 3.77. The molecule has 0 radical (unpaired) electrons. The van der Waals surface area contributed by atoms with Gasteiger partial charge < -0.3 is 24.6 Å². The topological polar surface area (TPSA) is 89.9 Å². The fraction of sp³-hybridized carbons (Fsp3) is 0.429. The van der Waals surface area contributed by atoms with Gasteiger partial charge in [0.2, 0.25) is 0 Å². The molecule has 7 heteroatoms. The zero-order valence-corrected chi connectivity index (χ0v) is 16.0. The van der Waals surface area contributed by atoms with Gasteiger partial charge in [0.1, 0.15) is 18.1 Å². The summed E-state index contributed by atoms with van der Waals surface area (Å²) < 4.78 is 17.6. The zero-order chi connectivity index (χ0) is 19.7. The molecule has 28 heavy (non-hydrogen) atoms. The van der Waals surface area contributed by atoms with E-state index in [1.165, 1.54) is 0 Å². The molecule has 2 aliphatic heterocycles. The maximum absolute atomic E-state index is 11.0. The largest absolute Gasteiger partial charge is 0.491 e. The summed E-state index contributed by atoms with van der Waals surface area (Å²) in [4.78, 5) is 15.3. The normalized spacial score (nSPS) is 17.1. The summed E-state index contributed by atoms with van der Waals surface area (Å²) in [7, 11) is 0. The van der Waals surface area contributed by atoms with Crippen LogP contribution in [0.25, 0.3) is 11.1 Å². The molecule has 2 N–H and O–H groups in total. The van der Waals surface area contributed by atoms with Gasteiger partial charge >= 0.3 is 6.09 Å². The lowest BCUT2D eigenvalue weighted by Crippen LogP contribution is -2.53. The van der Waals surface area contributed by atoms with Crippen LogP contribution in [0.1, 0.15) is 25.8 Å². The van der Waals surface area contributed by atoms with Gasteiger partial charge in [0.05, 0.1) is 19.3 Å². The van der Waals surface area contributed by atoms with Crippen molar-refractivity contribution in [3.63, 3.8) is 0 Å². The molecule has 0 saturated carbocycles. The highest BCUT2D eigenvalue weighted by molar-refractivity contribution is 5.77. The number of fused-ring (bicyclic) bond motifs is 4. The van der Waals surface area contributed by atoms with Crippen LogP contribution in [0.2, 0.25) is 0 Å². The van der Waals surface area contributed by atoms with E-state index in [-0.39, 0.29) is 12.6 Å². The Hall–Kier alpha value is -2.80. The lowest BCUT2D eigenvalue weighted by Gasteiger charge is -2.45. The van der Waals surface area contributed by atoms with E-state index in [9.17, 15) is 4.79 Å². The van der Waals surface area contributed by atoms with Gasteiger partial charge in [0.25, 0.3) is 0 Å². The van der Waals surface area contributed by atoms with Crippen LogP contribution in [0.15, 0.2) is 36.7 Å². The minimum atomic E-state index is -1.04. The third-order valence-electron chi connectivity index (χ3n) is 5.07. The average molecular weight is 384 g/mol. The number of amides is 1. The van der Waals surface area contributed by atoms with Gasteiger partial charge in [0, 0.05) is 29.6 Å². The third-order valence-corrected chi connectivity index (χ3v) is 5.07. The summed E-state index contributed by atoms with van der Waals surface area (Å²) in [5, 5.41) is 11.6. The van der Waals surface area contributed by atoms with E-state index in [0.717, 1.165) is 22.4 Å². The highest BCUT2D eigenvalue weighted by Gasteiger charge is 2.47. The Labute approximate surface area is 163 Å². The van der Waals surface area contributed by atoms with Crippen molar-refractivity contribution >= 4 is 6.09 Å². The standard InChI is InChI=1S/C21H24N2O5/c1-13(2)7-14(23-20(24)25)10-27-15-3-4-17-16-5-6-22-9-18(16)21(11-26-12-21)28-19(17)8-15/h3-6,8-9,13-14,23H,7,10-12H2,1-2H3,(H,24,25). The van der Waals surface area contributed by atoms with Crippen molar-refractivity contribution in [2.24, 2.45) is 5.92 Å². The molecule has 1 amide bonds. The monoisotopic (exact) mass is 384 g/mol. The van der Waals surface area contributed by atoms with E-state index in [1.54, 1.807) is 6.20 Å². The van der Waals surface area contributed by atoms with Crippen molar-refractivity contribution in [3.05, 3.63) is 42.2 Å². The molecular weight excluding hydrogens is 360 g/mol. The second kappa shape index (κ2) is 7.31. The first kappa shape index (κ1) is 18.6. The molecule has 4 rings (SSSR count). The SMILES string of the molecule is CC(C)CC(COc1ccc2c(c1)OC1(COC1)c1cnccc1-2)NC(=O)O. The summed E-state index contributed by atoms with van der Waals surface area (Å²) in [5.41, 5.74) is 2.64. The van der Waals surface area contributed by atoms with Crippen LogP contribution in [0.4, 0.5) is 4.79 Å². The average Bonchev–Trinajstić information content (AvgIpc) is 2.63. The number of nitrogens with zero attached hydrogens (tertiary/aromatic N) is 1. The smallest absolute Gasteiger partial charge is 0.404 e. The van der Waals surface area contributed by atoms with Crippen molar-refractivity contribution < 1.29 is 24.1 Å². The summed E-state index contributed by atoms with van der Waals surface area (Å²) >= 11 is 0. The molecule has 1 aromatic heterocycles. The van der Waals surface area contributed by atoms with Crippen molar-refractivity contribution in [2.75, 3.05) is 19.8 Å². The number of ether oxygens (including phenoxy) is 3. The van der Waals surface area contributed by atoms with E-state index in [1.807, 2.05) is 30.5 Å². The van der Waals surface area contributed by atoms with Crippen LogP contribution in [0.5, 0.6) is 11.5 Å². The fourth-order valence-electron chi connectivity index (χ4n) is 3.77. The molecule has 3 heterocycles. The molecule has 1 saturated heterocycles. The molecule has 2 aliphatic rings. The molecule has 1 fully saturated rings. The highest BCUT2D eigenvalue weighted by atomic mass is 16.6. The summed E-state index contributed by atoms with van der Waals surface area (Å²) in [6.07, 6.45) is 3.29. The summed E-state index contributed by atoms with van der Waals surface area (Å²) in [5.74, 6) is 1.74. The first-order chi connectivity index (χ1) is 13.5. The Balaban J connectivity index is 1.55. The lowest BCUT2D eigenvalue weighted by molar-refractivity contribution is -0.169. The maximum atomic E-state index is 11.0. The minimum Gasteiger partial charge on any atom is -0.491 e. The molecule has 1 spiro atoms. The number of hydrogen-bond donors (Lipinski definition) is 2. The Bertz CT molecular complexity index is 879. The van der Waals surface area contributed by atoms with Crippen LogP contribution in [0, 0.1) is 5.92 Å². The molecule has 1 aromatic carbocycles. The van der Waals surface area contributed by atoms with E-state index in [4.69, 9.17) is 19.3 Å². The zero-order valence-electron chi connectivity index (χ0n) is 16.0. The van der Waals surface area contributed by atoms with Gasteiger partial charge in [-0.25, -0.2) is 4.79 Å². The van der Waals surface area contributed by atoms with Crippen LogP contribution >= 0.6 is 0 Å². The molecule has 7 nitrogen and oxygen atoms in total. The Kier molecular flexibility index (Phi) is 4.85. The van der Waals surface area contributed by atoms with Gasteiger partial charge in [0.15, 0.2) is 5.60 Å². The van der Waals surface area contributed by atoms with Crippen molar-refractivity contribution in [1.29, 1.82) is 0 Å². The number of carboxylic acid groups (broad SMARTS) is 1. The van der Waals surface area contributed by atoms with Crippen molar-refractivity contribution in [2.45, 2.75) is 31.9 Å². The first-order valence-electron chi connectivity index (χ1n) is 9.45. The quantitative estimate of drug-likeness (QED) is 0.793. The summed E-state index contributed by atoms with van der Waals surface area (Å²) in [6, 6.07) is 7.44. The van der Waals surface area contributed by atoms with Gasteiger partial charge in [-0.2, -0.15) is 0 Å². The van der Waals surface area contributed by atoms with Crippen LogP contribution in [-0.2, 0) is 10.3 Å². The Morgan fingerprint density at radius 2 is 2.14 bits per heavy atom. The predicted molar refractivity (Wildman–Crippen MR) is 103 cm³/mol. The number of pyridine rings is 1. The lowest BCUT2D eigenvalue weighted by atomic mass is 9.84. The summed E-state index contributed by atoms with van der Waals surface area (Å²) in [6.45, 7) is 5.36. The number of benzene rings is 1. The van der Waals surface area contributed by atoms with E-state index in [0.29, 0.717) is 31.3 Å². The maximum Gasteiger partial charge on any atom is 0.404 e. The second-order valence-corrected chi connectivity index (χ2v) is 7.76. The Morgan fingerprint density at radius 1 is 1.32 bits per heavy atom. The van der Waals surface area contributed by atoms with Gasteiger partial charge in [-0.3, -0.25) is 4.98 Å². The highest BCUT2D eigenvalue weighted by Crippen LogP contribution is 2.48. The molecule has 0 aliphatic carbocycles. The van der Waals surface area contributed by atoms with Crippen molar-refractivity contribution in [1.82, 2.24) is 10.3 Å². The van der Waals surface area contributed by atoms with Crippen LogP contribution in [0.3, 0.4) is 0 Å². The second-order valence-electron chi connectivity index (χ2n) is 7.76. The molecule has 2 aromatic rings. The first-order valence-corrected chi connectivity index (χ1v) is 9.45. The van der Waals surface area contributed by atoms with Crippen LogP contribution < -0.4 is 14.8 Å².